The molecule has 6 nitrogen and oxygen atoms in total. The minimum atomic E-state index is -0.181. The van der Waals surface area contributed by atoms with Gasteiger partial charge in [-0.25, -0.2) is 0 Å². The molecule has 2 aliphatic heterocycles. The third kappa shape index (κ3) is 3.22. The summed E-state index contributed by atoms with van der Waals surface area (Å²) < 4.78 is 5.20. The first-order valence-electron chi connectivity index (χ1n) is 6.25. The highest BCUT2D eigenvalue weighted by molar-refractivity contribution is 5.97. The number of hydrogen-bond acceptors (Lipinski definition) is 5. The summed E-state index contributed by atoms with van der Waals surface area (Å²) in [4.78, 5) is 15.8. The number of nitrogens with zero attached hydrogens (tertiary/aromatic N) is 3. The summed E-state index contributed by atoms with van der Waals surface area (Å²) in [5.74, 6) is -0.181. The van der Waals surface area contributed by atoms with Crippen molar-refractivity contribution in [3.8, 4) is 6.07 Å². The van der Waals surface area contributed by atoms with Crippen molar-refractivity contribution in [2.24, 2.45) is 0 Å². The van der Waals surface area contributed by atoms with Crippen molar-refractivity contribution in [2.45, 2.75) is 0 Å². The molecule has 2 fully saturated rings. The number of morpholine rings is 1. The molecule has 18 heavy (non-hydrogen) atoms. The molecule has 2 heterocycles. The van der Waals surface area contributed by atoms with Gasteiger partial charge in [-0.2, -0.15) is 5.26 Å². The molecule has 98 valence electrons. The second kappa shape index (κ2) is 6.38. The number of nitriles is 1. The second-order valence-corrected chi connectivity index (χ2v) is 4.35. The zero-order valence-corrected chi connectivity index (χ0v) is 10.4. The van der Waals surface area contributed by atoms with Crippen molar-refractivity contribution in [1.82, 2.24) is 15.1 Å². The van der Waals surface area contributed by atoms with Gasteiger partial charge in [0.05, 0.1) is 13.2 Å². The van der Waals surface area contributed by atoms with Gasteiger partial charge < -0.3 is 19.9 Å². The Bertz CT molecular complexity index is 363. The average molecular weight is 250 g/mol. The Morgan fingerprint density at radius 2 is 1.89 bits per heavy atom. The zero-order chi connectivity index (χ0) is 12.8. The van der Waals surface area contributed by atoms with Gasteiger partial charge in [-0.3, -0.25) is 4.79 Å². The Morgan fingerprint density at radius 3 is 2.50 bits per heavy atom. The van der Waals surface area contributed by atoms with Crippen LogP contribution in [0.5, 0.6) is 0 Å². The van der Waals surface area contributed by atoms with E-state index in [2.05, 4.69) is 5.32 Å². The zero-order valence-electron chi connectivity index (χ0n) is 10.4. The van der Waals surface area contributed by atoms with Crippen LogP contribution in [0.25, 0.3) is 0 Å². The molecule has 0 atom stereocenters. The van der Waals surface area contributed by atoms with Gasteiger partial charge in [0.2, 0.25) is 0 Å². The van der Waals surface area contributed by atoms with E-state index in [1.807, 2.05) is 11.0 Å². The van der Waals surface area contributed by atoms with Gasteiger partial charge in [-0.15, -0.1) is 0 Å². The van der Waals surface area contributed by atoms with E-state index in [1.165, 1.54) is 0 Å². The van der Waals surface area contributed by atoms with Crippen LogP contribution in [0.4, 0.5) is 0 Å². The van der Waals surface area contributed by atoms with Crippen LogP contribution in [0, 0.1) is 11.3 Å². The van der Waals surface area contributed by atoms with Gasteiger partial charge in [0, 0.05) is 45.5 Å². The van der Waals surface area contributed by atoms with E-state index in [-0.39, 0.29) is 11.5 Å². The smallest absolute Gasteiger partial charge is 0.266 e. The number of hydrogen-bond donors (Lipinski definition) is 1. The molecule has 0 aliphatic carbocycles. The Hall–Kier alpha value is -1.58. The predicted octanol–water partition coefficient (Wildman–Crippen LogP) is -0.842. The first-order chi connectivity index (χ1) is 8.81. The lowest BCUT2D eigenvalue weighted by atomic mass is 10.2. The SMILES string of the molecule is N#C/C(=C/N1CCNCC1)C(=O)N1CCOCC1. The molecule has 6 heteroatoms. The molecule has 0 aromatic carbocycles. The Kier molecular flexibility index (Phi) is 4.56. The van der Waals surface area contributed by atoms with Crippen LogP contribution in [0.2, 0.25) is 0 Å². The molecule has 0 radical (unpaired) electrons. The lowest BCUT2D eigenvalue weighted by molar-refractivity contribution is -0.130. The molecule has 1 amide bonds. The fourth-order valence-corrected chi connectivity index (χ4v) is 2.06. The van der Waals surface area contributed by atoms with E-state index >= 15 is 0 Å². The molecule has 2 aliphatic rings. The van der Waals surface area contributed by atoms with Crippen LogP contribution in [0.3, 0.4) is 0 Å². The summed E-state index contributed by atoms with van der Waals surface area (Å²) >= 11 is 0. The minimum Gasteiger partial charge on any atom is -0.378 e. The summed E-state index contributed by atoms with van der Waals surface area (Å²) in [6.45, 7) is 5.69. The van der Waals surface area contributed by atoms with Gasteiger partial charge in [0.15, 0.2) is 0 Å². The maximum Gasteiger partial charge on any atom is 0.266 e. The van der Waals surface area contributed by atoms with E-state index in [4.69, 9.17) is 10.00 Å². The Labute approximate surface area is 107 Å². The molecular formula is C12H18N4O2. The molecule has 0 saturated carbocycles. The van der Waals surface area contributed by atoms with E-state index in [1.54, 1.807) is 11.1 Å². The highest BCUT2D eigenvalue weighted by Gasteiger charge is 2.21. The van der Waals surface area contributed by atoms with E-state index < -0.39 is 0 Å². The standard InChI is InChI=1S/C12H18N4O2/c13-9-11(10-15-3-1-14-2-4-15)12(17)16-5-7-18-8-6-16/h10,14H,1-8H2/b11-10-. The monoisotopic (exact) mass is 250 g/mol. The summed E-state index contributed by atoms with van der Waals surface area (Å²) in [6, 6.07) is 2.01. The summed E-state index contributed by atoms with van der Waals surface area (Å²) in [5, 5.41) is 12.4. The average Bonchev–Trinajstić information content (AvgIpc) is 2.46. The molecule has 2 rings (SSSR count). The molecule has 2 saturated heterocycles. The topological polar surface area (TPSA) is 68.6 Å². The van der Waals surface area contributed by atoms with Crippen molar-refractivity contribution in [2.75, 3.05) is 52.5 Å². The predicted molar refractivity (Wildman–Crippen MR) is 65.5 cm³/mol. The lowest BCUT2D eigenvalue weighted by Crippen LogP contribution is -2.43. The number of carbonyl (C=O) groups excluding carboxylic acids is 1. The lowest BCUT2D eigenvalue weighted by Gasteiger charge is -2.28. The first kappa shape index (κ1) is 12.9. The molecular weight excluding hydrogens is 232 g/mol. The quantitative estimate of drug-likeness (QED) is 0.511. The normalized spacial score (nSPS) is 21.6. The van der Waals surface area contributed by atoms with Crippen LogP contribution in [0.15, 0.2) is 11.8 Å². The third-order valence-electron chi connectivity index (χ3n) is 3.11. The highest BCUT2D eigenvalue weighted by atomic mass is 16.5. The number of ether oxygens (including phenoxy) is 1. The van der Waals surface area contributed by atoms with Crippen LogP contribution in [-0.2, 0) is 9.53 Å². The van der Waals surface area contributed by atoms with Crippen LogP contribution in [0.1, 0.15) is 0 Å². The molecule has 1 N–H and O–H groups in total. The molecule has 0 aromatic rings. The maximum absolute atomic E-state index is 12.1. The Balaban J connectivity index is 2.00. The first-order valence-corrected chi connectivity index (χ1v) is 6.25. The number of piperazine rings is 1. The molecule has 0 bridgehead atoms. The molecule has 0 spiro atoms. The van der Waals surface area contributed by atoms with E-state index in [9.17, 15) is 4.79 Å². The van der Waals surface area contributed by atoms with Gasteiger partial charge in [-0.05, 0) is 0 Å². The largest absolute Gasteiger partial charge is 0.378 e. The van der Waals surface area contributed by atoms with Gasteiger partial charge in [-0.1, -0.05) is 0 Å². The van der Waals surface area contributed by atoms with Gasteiger partial charge >= 0.3 is 0 Å². The van der Waals surface area contributed by atoms with Crippen molar-refractivity contribution >= 4 is 5.91 Å². The number of carbonyl (C=O) groups is 1. The highest BCUT2D eigenvalue weighted by Crippen LogP contribution is 2.07. The number of amides is 1. The third-order valence-corrected chi connectivity index (χ3v) is 3.11. The molecule has 0 aromatic heterocycles. The summed E-state index contributed by atoms with van der Waals surface area (Å²) in [5.41, 5.74) is 0.221. The van der Waals surface area contributed by atoms with Crippen molar-refractivity contribution in [3.63, 3.8) is 0 Å². The van der Waals surface area contributed by atoms with Crippen molar-refractivity contribution in [1.29, 1.82) is 5.26 Å². The second-order valence-electron chi connectivity index (χ2n) is 4.35. The van der Waals surface area contributed by atoms with Crippen LogP contribution in [-0.4, -0.2) is 68.2 Å². The fourth-order valence-electron chi connectivity index (χ4n) is 2.06. The van der Waals surface area contributed by atoms with Crippen LogP contribution < -0.4 is 5.32 Å². The van der Waals surface area contributed by atoms with Crippen molar-refractivity contribution < 1.29 is 9.53 Å². The maximum atomic E-state index is 12.1. The summed E-state index contributed by atoms with van der Waals surface area (Å²) in [7, 11) is 0. The number of nitrogens with one attached hydrogen (secondary N) is 1. The van der Waals surface area contributed by atoms with E-state index in [0.717, 1.165) is 26.2 Å². The number of rotatable bonds is 2. The van der Waals surface area contributed by atoms with Gasteiger partial charge in [0.1, 0.15) is 11.6 Å². The fraction of sp³-hybridized carbons (Fsp3) is 0.667. The van der Waals surface area contributed by atoms with Crippen molar-refractivity contribution in [3.05, 3.63) is 11.8 Å². The Morgan fingerprint density at radius 1 is 1.22 bits per heavy atom. The van der Waals surface area contributed by atoms with E-state index in [0.29, 0.717) is 26.3 Å². The summed E-state index contributed by atoms with van der Waals surface area (Å²) in [6.07, 6.45) is 1.69. The molecule has 0 unspecified atom stereocenters. The van der Waals surface area contributed by atoms with Crippen LogP contribution >= 0.6 is 0 Å². The van der Waals surface area contributed by atoms with Gasteiger partial charge in [0.25, 0.3) is 5.91 Å². The minimum absolute atomic E-state index is 0.181.